The highest BCUT2D eigenvalue weighted by Gasteiger charge is 2.27. The van der Waals surface area contributed by atoms with E-state index in [1.165, 1.54) is 0 Å². The molecule has 0 spiro atoms. The Bertz CT molecular complexity index is 602. The zero-order valence-electron chi connectivity index (χ0n) is 11.9. The molecule has 1 unspecified atom stereocenters. The highest BCUT2D eigenvalue weighted by Crippen LogP contribution is 2.33. The molecule has 2 N–H and O–H groups in total. The van der Waals surface area contributed by atoms with Crippen molar-refractivity contribution in [2.45, 2.75) is 39.8 Å². The van der Waals surface area contributed by atoms with Gasteiger partial charge in [-0.05, 0) is 27.7 Å². The summed E-state index contributed by atoms with van der Waals surface area (Å²) in [6, 6.07) is -0.0810. The van der Waals surface area contributed by atoms with Crippen molar-refractivity contribution in [1.82, 2.24) is 20.0 Å². The molecule has 0 radical (unpaired) electrons. The van der Waals surface area contributed by atoms with Crippen LogP contribution in [0.4, 0.5) is 11.5 Å². The molecular formula is C12H18N6O2. The topological polar surface area (TPSA) is 102 Å². The van der Waals surface area contributed by atoms with Crippen molar-refractivity contribution in [3.63, 3.8) is 0 Å². The van der Waals surface area contributed by atoms with Gasteiger partial charge in [0.05, 0.1) is 17.2 Å². The smallest absolute Gasteiger partial charge is 0.333 e. The van der Waals surface area contributed by atoms with E-state index in [1.807, 2.05) is 20.8 Å². The molecule has 8 nitrogen and oxygen atoms in total. The van der Waals surface area contributed by atoms with Gasteiger partial charge in [-0.1, -0.05) is 0 Å². The van der Waals surface area contributed by atoms with Crippen molar-refractivity contribution in [3.05, 3.63) is 33.8 Å². The minimum absolute atomic E-state index is 0.0223. The fourth-order valence-corrected chi connectivity index (χ4v) is 2.05. The summed E-state index contributed by atoms with van der Waals surface area (Å²) in [5, 5.41) is 25.3. The van der Waals surface area contributed by atoms with Gasteiger partial charge in [0.25, 0.3) is 0 Å². The molecule has 0 saturated carbocycles. The molecule has 0 saturated heterocycles. The maximum atomic E-state index is 11.2. The average molecular weight is 278 g/mol. The quantitative estimate of drug-likeness (QED) is 0.646. The first-order chi connectivity index (χ1) is 9.41. The van der Waals surface area contributed by atoms with E-state index in [1.54, 1.807) is 24.0 Å². The van der Waals surface area contributed by atoms with Crippen LogP contribution in [-0.2, 0) is 0 Å². The van der Waals surface area contributed by atoms with Crippen LogP contribution < -0.4 is 5.32 Å². The molecule has 0 aliphatic rings. The van der Waals surface area contributed by atoms with Gasteiger partial charge in [-0.3, -0.25) is 15.2 Å². The van der Waals surface area contributed by atoms with Gasteiger partial charge in [-0.25, -0.2) is 4.68 Å². The molecule has 0 fully saturated rings. The molecule has 0 bridgehead atoms. The molecule has 2 aromatic rings. The third kappa shape index (κ3) is 2.49. The summed E-state index contributed by atoms with van der Waals surface area (Å²) in [5.41, 5.74) is 1.35. The summed E-state index contributed by atoms with van der Waals surface area (Å²) < 4.78 is 1.64. The van der Waals surface area contributed by atoms with Gasteiger partial charge < -0.3 is 5.32 Å². The van der Waals surface area contributed by atoms with Crippen LogP contribution in [0.1, 0.15) is 44.1 Å². The second kappa shape index (κ2) is 5.32. The average Bonchev–Trinajstić information content (AvgIpc) is 2.96. The molecule has 0 aliphatic heterocycles. The summed E-state index contributed by atoms with van der Waals surface area (Å²) in [4.78, 5) is 10.8. The molecule has 20 heavy (non-hydrogen) atoms. The lowest BCUT2D eigenvalue weighted by Gasteiger charge is -2.16. The molecule has 108 valence electrons. The van der Waals surface area contributed by atoms with Crippen molar-refractivity contribution in [3.8, 4) is 0 Å². The van der Waals surface area contributed by atoms with Crippen LogP contribution in [0.5, 0.6) is 0 Å². The van der Waals surface area contributed by atoms with Gasteiger partial charge in [0.1, 0.15) is 5.69 Å². The second-order valence-electron chi connectivity index (χ2n) is 4.98. The Morgan fingerprint density at radius 3 is 2.65 bits per heavy atom. The number of nitrogens with one attached hydrogen (secondary N) is 2. The molecule has 1 atom stereocenters. The van der Waals surface area contributed by atoms with Gasteiger partial charge in [0.2, 0.25) is 5.82 Å². The summed E-state index contributed by atoms with van der Waals surface area (Å²) >= 11 is 0. The molecule has 0 amide bonds. The third-order valence-corrected chi connectivity index (χ3v) is 3.10. The van der Waals surface area contributed by atoms with Gasteiger partial charge in [0.15, 0.2) is 0 Å². The van der Waals surface area contributed by atoms with E-state index in [-0.39, 0.29) is 17.8 Å². The van der Waals surface area contributed by atoms with Gasteiger partial charge >= 0.3 is 5.69 Å². The minimum atomic E-state index is -0.397. The number of aryl methyl sites for hydroxylation is 1. The number of nitrogens with zero attached hydrogens (tertiary/aromatic N) is 4. The van der Waals surface area contributed by atoms with Crippen molar-refractivity contribution in [1.29, 1.82) is 0 Å². The van der Waals surface area contributed by atoms with Crippen LogP contribution in [0.15, 0.2) is 12.4 Å². The molecule has 0 aromatic carbocycles. The van der Waals surface area contributed by atoms with Crippen LogP contribution in [0.2, 0.25) is 0 Å². The molecule has 0 aliphatic carbocycles. The number of aromatic amines is 1. The first kappa shape index (κ1) is 14.0. The number of nitro groups is 1. The van der Waals surface area contributed by atoms with Gasteiger partial charge in [-0.15, -0.1) is 0 Å². The standard InChI is InChI=1S/C12H18N6O2/c1-7(2)17-12(11(18(19)20)9(4)16-17)15-8(3)10-5-13-14-6-10/h5-8,15H,1-4H3,(H,13,14). The van der Waals surface area contributed by atoms with Crippen LogP contribution in [0.3, 0.4) is 0 Å². The number of anilines is 1. The Balaban J connectivity index is 2.41. The molecule has 2 heterocycles. The summed E-state index contributed by atoms with van der Waals surface area (Å²) in [6.45, 7) is 7.43. The first-order valence-electron chi connectivity index (χ1n) is 6.40. The van der Waals surface area contributed by atoms with Gasteiger partial charge in [0, 0.05) is 17.8 Å². The maximum absolute atomic E-state index is 11.2. The minimum Gasteiger partial charge on any atom is -0.358 e. The Kier molecular flexibility index (Phi) is 3.73. The predicted molar refractivity (Wildman–Crippen MR) is 74.6 cm³/mol. The summed E-state index contributed by atoms with van der Waals surface area (Å²) in [5.74, 6) is 0.427. The van der Waals surface area contributed by atoms with Crippen molar-refractivity contribution in [2.75, 3.05) is 5.32 Å². The number of aromatic nitrogens is 4. The SMILES string of the molecule is Cc1nn(C(C)C)c(NC(C)c2cn[nH]c2)c1[N+](=O)[O-]. The lowest BCUT2D eigenvalue weighted by atomic mass is 10.2. The zero-order valence-corrected chi connectivity index (χ0v) is 11.9. The lowest BCUT2D eigenvalue weighted by molar-refractivity contribution is -0.384. The predicted octanol–water partition coefficient (Wildman–Crippen LogP) is 2.58. The normalized spacial score (nSPS) is 12.7. The van der Waals surface area contributed by atoms with Crippen molar-refractivity contribution < 1.29 is 4.92 Å². The fourth-order valence-electron chi connectivity index (χ4n) is 2.05. The number of H-pyrrole nitrogens is 1. The number of rotatable bonds is 5. The van der Waals surface area contributed by atoms with Crippen molar-refractivity contribution in [2.24, 2.45) is 0 Å². The fraction of sp³-hybridized carbons (Fsp3) is 0.500. The number of hydrogen-bond acceptors (Lipinski definition) is 5. The molecule has 2 rings (SSSR count). The van der Waals surface area contributed by atoms with E-state index >= 15 is 0 Å². The van der Waals surface area contributed by atoms with Crippen molar-refractivity contribution >= 4 is 11.5 Å². The number of hydrogen-bond donors (Lipinski definition) is 2. The first-order valence-corrected chi connectivity index (χ1v) is 6.40. The van der Waals surface area contributed by atoms with Crippen LogP contribution in [-0.4, -0.2) is 24.9 Å². The molecule has 8 heteroatoms. The van der Waals surface area contributed by atoms with Crippen LogP contribution in [0, 0.1) is 17.0 Å². The Morgan fingerprint density at radius 1 is 1.45 bits per heavy atom. The van der Waals surface area contributed by atoms with E-state index in [0.29, 0.717) is 11.5 Å². The van der Waals surface area contributed by atoms with E-state index in [2.05, 4.69) is 20.6 Å². The third-order valence-electron chi connectivity index (χ3n) is 3.10. The molecular weight excluding hydrogens is 260 g/mol. The van der Waals surface area contributed by atoms with Gasteiger partial charge in [-0.2, -0.15) is 10.2 Å². The Morgan fingerprint density at radius 2 is 2.15 bits per heavy atom. The highest BCUT2D eigenvalue weighted by atomic mass is 16.6. The monoisotopic (exact) mass is 278 g/mol. The van der Waals surface area contributed by atoms with Crippen LogP contribution in [0.25, 0.3) is 0 Å². The van der Waals surface area contributed by atoms with E-state index < -0.39 is 4.92 Å². The Hall–Kier alpha value is -2.38. The summed E-state index contributed by atoms with van der Waals surface area (Å²) in [6.07, 6.45) is 3.44. The zero-order chi connectivity index (χ0) is 14.9. The highest BCUT2D eigenvalue weighted by molar-refractivity contribution is 5.60. The second-order valence-corrected chi connectivity index (χ2v) is 4.98. The van der Waals surface area contributed by atoms with E-state index in [9.17, 15) is 10.1 Å². The largest absolute Gasteiger partial charge is 0.358 e. The van der Waals surface area contributed by atoms with Crippen LogP contribution >= 0.6 is 0 Å². The molecule has 2 aromatic heterocycles. The van der Waals surface area contributed by atoms with E-state index in [4.69, 9.17) is 0 Å². The van der Waals surface area contributed by atoms with E-state index in [0.717, 1.165) is 5.56 Å². The Labute approximate surface area is 116 Å². The maximum Gasteiger partial charge on any atom is 0.333 e. The summed E-state index contributed by atoms with van der Waals surface area (Å²) in [7, 11) is 0. The lowest BCUT2D eigenvalue weighted by Crippen LogP contribution is -2.13.